The normalized spacial score (nSPS) is 29.6. The molecule has 9 nitrogen and oxygen atoms in total. The Morgan fingerprint density at radius 2 is 1.69 bits per heavy atom. The van der Waals surface area contributed by atoms with Crippen molar-refractivity contribution >= 4 is 22.9 Å². The molecule has 2 aliphatic heterocycles. The number of allylic oxidation sites excluding steroid dienone is 2. The number of para-hydroxylation sites is 1. The van der Waals surface area contributed by atoms with Crippen molar-refractivity contribution in [1.82, 2.24) is 19.8 Å². The van der Waals surface area contributed by atoms with Crippen molar-refractivity contribution in [3.8, 4) is 6.01 Å². The van der Waals surface area contributed by atoms with Crippen molar-refractivity contribution in [3.05, 3.63) is 46.8 Å². The number of hydrogen-bond donors (Lipinski definition) is 1. The van der Waals surface area contributed by atoms with Gasteiger partial charge in [0, 0.05) is 19.5 Å². The maximum atomic E-state index is 13.8. The molecule has 1 aromatic heterocycles. The zero-order valence-electron chi connectivity index (χ0n) is 22.4. The third kappa shape index (κ3) is 5.54. The fraction of sp³-hybridized carbons (Fsp3) is 0.600. The van der Waals surface area contributed by atoms with E-state index in [2.05, 4.69) is 11.4 Å². The first-order valence-electron chi connectivity index (χ1n) is 14.6. The highest BCUT2D eigenvalue weighted by Crippen LogP contribution is 2.33. The van der Waals surface area contributed by atoms with Crippen molar-refractivity contribution in [3.63, 3.8) is 0 Å². The van der Waals surface area contributed by atoms with Gasteiger partial charge < -0.3 is 19.7 Å². The fourth-order valence-electron chi connectivity index (χ4n) is 6.84. The molecule has 0 unspecified atom stereocenters. The minimum absolute atomic E-state index is 0.0687. The molecule has 0 spiro atoms. The van der Waals surface area contributed by atoms with Crippen LogP contribution in [0, 0.1) is 11.8 Å². The second-order valence-electron chi connectivity index (χ2n) is 11.5. The molecule has 4 aliphatic rings. The molecule has 2 bridgehead atoms. The maximum Gasteiger partial charge on any atom is 0.408 e. The summed E-state index contributed by atoms with van der Waals surface area (Å²) in [6.07, 6.45) is 12.5. The Morgan fingerprint density at radius 3 is 2.56 bits per heavy atom. The largest absolute Gasteiger partial charge is 0.459 e. The Hall–Kier alpha value is -3.36. The van der Waals surface area contributed by atoms with E-state index in [9.17, 15) is 14.4 Å². The number of hydrogen-bond acceptors (Lipinski definition) is 6. The number of benzene rings is 1. The standard InChI is InChI=1S/C30H38N4O5/c35-27-23-13-5-6-14-24(23)31-29-34(27)17-7-1-2-9-20-12-8-15-25(20)39-30(37)32-26(21-10-3-4-11-21)28(36)33-18-16-22(19-33)38-29/h1,5-7,13-14,20-22,25-26H,2-4,8-12,15-19H2,(H,32,37)/b7-1+/t20-,22-,25+,26+/m1/s1. The lowest BCUT2D eigenvalue weighted by Crippen LogP contribution is -2.52. The second kappa shape index (κ2) is 11.4. The first-order valence-corrected chi connectivity index (χ1v) is 14.6. The van der Waals surface area contributed by atoms with Gasteiger partial charge in [-0.25, -0.2) is 4.79 Å². The molecule has 208 valence electrons. The van der Waals surface area contributed by atoms with Gasteiger partial charge >= 0.3 is 6.09 Å². The van der Waals surface area contributed by atoms with Crippen molar-refractivity contribution in [1.29, 1.82) is 0 Å². The van der Waals surface area contributed by atoms with Crippen LogP contribution in [0.3, 0.4) is 0 Å². The average molecular weight is 535 g/mol. The lowest BCUT2D eigenvalue weighted by molar-refractivity contribution is -0.134. The molecular weight excluding hydrogens is 496 g/mol. The minimum Gasteiger partial charge on any atom is -0.459 e. The molecule has 2 aliphatic carbocycles. The summed E-state index contributed by atoms with van der Waals surface area (Å²) in [7, 11) is 0. The number of rotatable bonds is 1. The lowest BCUT2D eigenvalue weighted by atomic mass is 9.97. The molecule has 2 aromatic rings. The van der Waals surface area contributed by atoms with Crippen LogP contribution in [-0.2, 0) is 16.1 Å². The number of ether oxygens (including phenoxy) is 2. The van der Waals surface area contributed by atoms with Crippen LogP contribution in [0.5, 0.6) is 6.01 Å². The molecule has 0 radical (unpaired) electrons. The van der Waals surface area contributed by atoms with Crippen molar-refractivity contribution < 1.29 is 19.1 Å². The Morgan fingerprint density at radius 1 is 0.872 bits per heavy atom. The molecular formula is C30H38N4O5. The number of carbonyl (C=O) groups excluding carboxylic acids is 2. The molecule has 2 amide bonds. The molecule has 2 saturated carbocycles. The van der Waals surface area contributed by atoms with E-state index in [1.807, 2.05) is 24.3 Å². The van der Waals surface area contributed by atoms with Crippen LogP contribution < -0.4 is 15.6 Å². The maximum absolute atomic E-state index is 13.8. The average Bonchev–Trinajstić information content (AvgIpc) is 3.71. The van der Waals surface area contributed by atoms with E-state index >= 15 is 0 Å². The van der Waals surface area contributed by atoms with E-state index in [1.54, 1.807) is 15.5 Å². The third-order valence-electron chi connectivity index (χ3n) is 8.97. The summed E-state index contributed by atoms with van der Waals surface area (Å²) in [6, 6.07) is 7.02. The van der Waals surface area contributed by atoms with Gasteiger partial charge in [-0.1, -0.05) is 37.1 Å². The summed E-state index contributed by atoms with van der Waals surface area (Å²) < 4.78 is 13.8. The second-order valence-corrected chi connectivity index (χ2v) is 11.5. The van der Waals surface area contributed by atoms with E-state index in [0.29, 0.717) is 42.9 Å². The van der Waals surface area contributed by atoms with E-state index in [1.165, 1.54) is 0 Å². The lowest BCUT2D eigenvalue weighted by Gasteiger charge is -2.29. The van der Waals surface area contributed by atoms with Crippen LogP contribution in [0.2, 0.25) is 0 Å². The van der Waals surface area contributed by atoms with Crippen molar-refractivity contribution in [2.75, 3.05) is 13.1 Å². The Labute approximate surface area is 228 Å². The summed E-state index contributed by atoms with van der Waals surface area (Å²) in [4.78, 5) is 46.7. The molecule has 9 heteroatoms. The number of carbonyl (C=O) groups is 2. The predicted octanol–water partition coefficient (Wildman–Crippen LogP) is 4.18. The highest BCUT2D eigenvalue weighted by Gasteiger charge is 2.39. The molecule has 6 rings (SSSR count). The van der Waals surface area contributed by atoms with Crippen LogP contribution in [-0.4, -0.2) is 57.8 Å². The Balaban J connectivity index is 1.31. The zero-order chi connectivity index (χ0) is 26.8. The van der Waals surface area contributed by atoms with Gasteiger partial charge in [-0.15, -0.1) is 0 Å². The summed E-state index contributed by atoms with van der Waals surface area (Å²) >= 11 is 0. The number of fused-ring (bicyclic) bond motifs is 5. The summed E-state index contributed by atoms with van der Waals surface area (Å²) in [5.41, 5.74) is 0.468. The number of alkyl carbamates (subject to hydrolysis) is 1. The number of amides is 2. The van der Waals surface area contributed by atoms with E-state index in [-0.39, 0.29) is 35.6 Å². The van der Waals surface area contributed by atoms with Crippen molar-refractivity contribution in [2.24, 2.45) is 11.8 Å². The van der Waals surface area contributed by atoms with Crippen molar-refractivity contribution in [2.45, 2.75) is 89.0 Å². The molecule has 4 atom stereocenters. The summed E-state index contributed by atoms with van der Waals surface area (Å²) in [6.45, 7) is 1.28. The molecule has 1 saturated heterocycles. The highest BCUT2D eigenvalue weighted by molar-refractivity contribution is 5.86. The molecule has 3 fully saturated rings. The van der Waals surface area contributed by atoms with Crippen LogP contribution in [0.25, 0.3) is 10.9 Å². The topological polar surface area (TPSA) is 103 Å². The van der Waals surface area contributed by atoms with Crippen LogP contribution in [0.4, 0.5) is 4.79 Å². The fourth-order valence-corrected chi connectivity index (χ4v) is 6.84. The Bertz CT molecular complexity index is 1300. The monoisotopic (exact) mass is 534 g/mol. The quantitative estimate of drug-likeness (QED) is 0.551. The van der Waals surface area contributed by atoms with Crippen LogP contribution >= 0.6 is 0 Å². The van der Waals surface area contributed by atoms with Gasteiger partial charge in [0.15, 0.2) is 0 Å². The van der Waals surface area contributed by atoms with Gasteiger partial charge in [-0.2, -0.15) is 4.98 Å². The third-order valence-corrected chi connectivity index (χ3v) is 8.97. The Kier molecular flexibility index (Phi) is 7.57. The smallest absolute Gasteiger partial charge is 0.408 e. The van der Waals surface area contributed by atoms with Gasteiger partial charge in [0.1, 0.15) is 18.2 Å². The van der Waals surface area contributed by atoms with Gasteiger partial charge in [-0.3, -0.25) is 14.2 Å². The van der Waals surface area contributed by atoms with Gasteiger partial charge in [0.25, 0.3) is 11.6 Å². The van der Waals surface area contributed by atoms with E-state index in [0.717, 1.165) is 57.8 Å². The van der Waals surface area contributed by atoms with Gasteiger partial charge in [0.2, 0.25) is 5.91 Å². The zero-order valence-corrected chi connectivity index (χ0v) is 22.4. The number of nitrogens with zero attached hydrogens (tertiary/aromatic N) is 3. The first-order chi connectivity index (χ1) is 19.1. The highest BCUT2D eigenvalue weighted by atomic mass is 16.6. The molecule has 39 heavy (non-hydrogen) atoms. The van der Waals surface area contributed by atoms with Crippen LogP contribution in [0.15, 0.2) is 41.2 Å². The van der Waals surface area contributed by atoms with Gasteiger partial charge in [0.05, 0.1) is 17.4 Å². The molecule has 1 aromatic carbocycles. The molecule has 3 heterocycles. The first kappa shape index (κ1) is 25.9. The van der Waals surface area contributed by atoms with Crippen LogP contribution in [0.1, 0.15) is 64.2 Å². The van der Waals surface area contributed by atoms with Gasteiger partial charge in [-0.05, 0) is 68.9 Å². The molecule has 1 N–H and O–H groups in total. The summed E-state index contributed by atoms with van der Waals surface area (Å²) in [5, 5.41) is 3.55. The van der Waals surface area contributed by atoms with E-state index < -0.39 is 12.1 Å². The minimum atomic E-state index is -0.586. The number of aromatic nitrogens is 2. The predicted molar refractivity (Wildman–Crippen MR) is 146 cm³/mol. The van der Waals surface area contributed by atoms with E-state index in [4.69, 9.17) is 14.5 Å². The summed E-state index contributed by atoms with van der Waals surface area (Å²) in [5.74, 6) is 0.344. The number of nitrogens with one attached hydrogen (secondary N) is 1. The SMILES string of the molecule is O=C1N[C@@H](C2CCCC2)C(=O)N2CC[C@H](C2)Oc2nc3ccccc3c(=O)n2C/C=C/CC[C@@H]2CCC[C@@H]2O1.